The molecule has 0 aromatic heterocycles. The quantitative estimate of drug-likeness (QED) is 0.891. The Balaban J connectivity index is 1.76. The molecule has 1 atom stereocenters. The summed E-state index contributed by atoms with van der Waals surface area (Å²) in [7, 11) is 0. The van der Waals surface area contributed by atoms with Gasteiger partial charge in [-0.25, -0.2) is 0 Å². The van der Waals surface area contributed by atoms with Gasteiger partial charge in [0.05, 0.1) is 19.1 Å². The number of carboxylic acid groups (broad SMARTS) is 1. The normalized spacial score (nSPS) is 21.0. The van der Waals surface area contributed by atoms with Crippen molar-refractivity contribution in [1.82, 2.24) is 4.90 Å². The molecule has 1 aromatic rings. The van der Waals surface area contributed by atoms with Gasteiger partial charge in [-0.2, -0.15) is 0 Å². The average Bonchev–Trinajstić information content (AvgIpc) is 2.86. The number of carbonyl (C=O) groups is 2. The summed E-state index contributed by atoms with van der Waals surface area (Å²) >= 11 is 0. The minimum absolute atomic E-state index is 0.158. The first-order valence-corrected chi connectivity index (χ1v) is 7.07. The smallest absolute Gasteiger partial charge is 0.308 e. The maximum atomic E-state index is 12.4. The van der Waals surface area contributed by atoms with Gasteiger partial charge >= 0.3 is 5.97 Å². The minimum Gasteiger partial charge on any atom is -0.490 e. The molecule has 0 spiro atoms. The number of amides is 1. The second-order valence-electron chi connectivity index (χ2n) is 5.29. The Kier molecular flexibility index (Phi) is 3.68. The average molecular weight is 291 g/mol. The van der Waals surface area contributed by atoms with Crippen LogP contribution in [0, 0.1) is 5.92 Å². The van der Waals surface area contributed by atoms with Crippen molar-refractivity contribution >= 4 is 11.9 Å². The standard InChI is InChI=1S/C15H17NO5/c17-14(16-5-4-11(9-16)15(18)19)10-2-3-12-13(8-10)21-7-1-6-20-12/h2-3,8,11H,1,4-7,9H2,(H,18,19)/t11-/m0/s1. The van der Waals surface area contributed by atoms with E-state index in [4.69, 9.17) is 14.6 Å². The number of fused-ring (bicyclic) bond motifs is 1. The molecule has 1 aromatic carbocycles. The molecule has 0 bridgehead atoms. The number of carbonyl (C=O) groups excluding carboxylic acids is 1. The van der Waals surface area contributed by atoms with Crippen LogP contribution in [0.4, 0.5) is 0 Å². The second-order valence-corrected chi connectivity index (χ2v) is 5.29. The van der Waals surface area contributed by atoms with Crippen molar-refractivity contribution in [3.63, 3.8) is 0 Å². The van der Waals surface area contributed by atoms with Gasteiger partial charge in [-0.15, -0.1) is 0 Å². The van der Waals surface area contributed by atoms with Crippen molar-refractivity contribution in [2.75, 3.05) is 26.3 Å². The van der Waals surface area contributed by atoms with Crippen LogP contribution in [0.15, 0.2) is 18.2 Å². The van der Waals surface area contributed by atoms with Gasteiger partial charge in [0.15, 0.2) is 11.5 Å². The molecule has 2 aliphatic heterocycles. The van der Waals surface area contributed by atoms with E-state index in [1.54, 1.807) is 23.1 Å². The highest BCUT2D eigenvalue weighted by molar-refractivity contribution is 5.95. The number of benzene rings is 1. The first-order valence-electron chi connectivity index (χ1n) is 7.07. The van der Waals surface area contributed by atoms with Gasteiger partial charge in [0.25, 0.3) is 5.91 Å². The van der Waals surface area contributed by atoms with Gasteiger partial charge in [-0.1, -0.05) is 0 Å². The number of ether oxygens (including phenoxy) is 2. The topological polar surface area (TPSA) is 76.1 Å². The largest absolute Gasteiger partial charge is 0.490 e. The number of rotatable bonds is 2. The van der Waals surface area contributed by atoms with Crippen molar-refractivity contribution in [3.05, 3.63) is 23.8 Å². The van der Waals surface area contributed by atoms with E-state index in [-0.39, 0.29) is 12.5 Å². The van der Waals surface area contributed by atoms with Gasteiger partial charge in [-0.3, -0.25) is 9.59 Å². The number of hydrogen-bond donors (Lipinski definition) is 1. The molecule has 0 aliphatic carbocycles. The third-order valence-corrected chi connectivity index (χ3v) is 3.82. The zero-order valence-corrected chi connectivity index (χ0v) is 11.6. The fourth-order valence-electron chi connectivity index (χ4n) is 2.63. The first-order chi connectivity index (χ1) is 10.1. The molecule has 2 aliphatic rings. The summed E-state index contributed by atoms with van der Waals surface area (Å²) in [4.78, 5) is 25.0. The van der Waals surface area contributed by atoms with Crippen LogP contribution in [-0.2, 0) is 4.79 Å². The summed E-state index contributed by atoms with van der Waals surface area (Å²) in [6.45, 7) is 1.91. The lowest BCUT2D eigenvalue weighted by Crippen LogP contribution is -2.29. The number of nitrogens with zero attached hydrogens (tertiary/aromatic N) is 1. The Hall–Kier alpha value is -2.24. The lowest BCUT2D eigenvalue weighted by molar-refractivity contribution is -0.141. The number of aliphatic carboxylic acids is 1. The van der Waals surface area contributed by atoms with Gasteiger partial charge in [0.2, 0.25) is 0 Å². The maximum Gasteiger partial charge on any atom is 0.308 e. The molecule has 3 rings (SSSR count). The van der Waals surface area contributed by atoms with E-state index in [0.717, 1.165) is 6.42 Å². The van der Waals surface area contributed by atoms with Crippen LogP contribution in [0.1, 0.15) is 23.2 Å². The summed E-state index contributed by atoms with van der Waals surface area (Å²) in [6.07, 6.45) is 1.32. The van der Waals surface area contributed by atoms with Crippen molar-refractivity contribution in [3.8, 4) is 11.5 Å². The van der Waals surface area contributed by atoms with Crippen LogP contribution in [0.5, 0.6) is 11.5 Å². The molecule has 21 heavy (non-hydrogen) atoms. The Bertz CT molecular complexity index is 571. The molecule has 0 radical (unpaired) electrons. The van der Waals surface area contributed by atoms with Crippen LogP contribution >= 0.6 is 0 Å². The molecule has 0 unspecified atom stereocenters. The van der Waals surface area contributed by atoms with E-state index >= 15 is 0 Å². The number of hydrogen-bond acceptors (Lipinski definition) is 4. The molecule has 6 nitrogen and oxygen atoms in total. The van der Waals surface area contributed by atoms with E-state index < -0.39 is 11.9 Å². The van der Waals surface area contributed by atoms with E-state index in [9.17, 15) is 9.59 Å². The van der Waals surface area contributed by atoms with Crippen molar-refractivity contribution in [1.29, 1.82) is 0 Å². The van der Waals surface area contributed by atoms with Crippen LogP contribution in [0.25, 0.3) is 0 Å². The molecule has 1 amide bonds. The molecule has 1 N–H and O–H groups in total. The van der Waals surface area contributed by atoms with Gasteiger partial charge in [0.1, 0.15) is 0 Å². The van der Waals surface area contributed by atoms with Crippen molar-refractivity contribution in [2.45, 2.75) is 12.8 Å². The Labute approximate surface area is 122 Å². The van der Waals surface area contributed by atoms with Gasteiger partial charge in [0, 0.05) is 25.1 Å². The molecule has 1 saturated heterocycles. The van der Waals surface area contributed by atoms with Crippen LogP contribution in [0.3, 0.4) is 0 Å². The monoisotopic (exact) mass is 291 g/mol. The molecular weight excluding hydrogens is 274 g/mol. The third-order valence-electron chi connectivity index (χ3n) is 3.82. The van der Waals surface area contributed by atoms with E-state index in [0.29, 0.717) is 43.2 Å². The fourth-order valence-corrected chi connectivity index (χ4v) is 2.63. The lowest BCUT2D eigenvalue weighted by atomic mass is 10.1. The minimum atomic E-state index is -0.844. The predicted octanol–water partition coefficient (Wildman–Crippen LogP) is 1.39. The summed E-state index contributed by atoms with van der Waals surface area (Å²) in [5.41, 5.74) is 0.505. The summed E-state index contributed by atoms with van der Waals surface area (Å²) < 4.78 is 11.1. The summed E-state index contributed by atoms with van der Waals surface area (Å²) in [6, 6.07) is 5.11. The second kappa shape index (κ2) is 5.63. The third kappa shape index (κ3) is 2.79. The van der Waals surface area contributed by atoms with Crippen molar-refractivity contribution in [2.24, 2.45) is 5.92 Å². The van der Waals surface area contributed by atoms with Crippen LogP contribution in [0.2, 0.25) is 0 Å². The zero-order valence-electron chi connectivity index (χ0n) is 11.6. The highest BCUT2D eigenvalue weighted by Gasteiger charge is 2.31. The van der Waals surface area contributed by atoms with E-state index in [1.165, 1.54) is 0 Å². The number of likely N-dealkylation sites (tertiary alicyclic amines) is 1. The highest BCUT2D eigenvalue weighted by Crippen LogP contribution is 2.31. The molecule has 0 saturated carbocycles. The van der Waals surface area contributed by atoms with E-state index in [1.807, 2.05) is 0 Å². The number of carboxylic acids is 1. The highest BCUT2D eigenvalue weighted by atomic mass is 16.5. The molecule has 112 valence electrons. The molecule has 1 fully saturated rings. The van der Waals surface area contributed by atoms with Crippen molar-refractivity contribution < 1.29 is 24.2 Å². The fraction of sp³-hybridized carbons (Fsp3) is 0.467. The maximum absolute atomic E-state index is 12.4. The Morgan fingerprint density at radius 3 is 2.67 bits per heavy atom. The summed E-state index contributed by atoms with van der Waals surface area (Å²) in [5.74, 6) is -0.242. The lowest BCUT2D eigenvalue weighted by Gasteiger charge is -2.17. The first kappa shape index (κ1) is 13.7. The molecular formula is C15H17NO5. The van der Waals surface area contributed by atoms with E-state index in [2.05, 4.69) is 0 Å². The predicted molar refractivity (Wildman–Crippen MR) is 73.7 cm³/mol. The van der Waals surface area contributed by atoms with Crippen LogP contribution < -0.4 is 9.47 Å². The summed E-state index contributed by atoms with van der Waals surface area (Å²) in [5, 5.41) is 9.00. The Morgan fingerprint density at radius 1 is 1.19 bits per heavy atom. The molecule has 2 heterocycles. The van der Waals surface area contributed by atoms with Gasteiger partial charge < -0.3 is 19.5 Å². The zero-order chi connectivity index (χ0) is 14.8. The Morgan fingerprint density at radius 2 is 1.95 bits per heavy atom. The van der Waals surface area contributed by atoms with Gasteiger partial charge in [-0.05, 0) is 24.6 Å². The SMILES string of the molecule is O=C(O)[C@H]1CCN(C(=O)c2ccc3c(c2)OCCCO3)C1. The molecule has 6 heteroatoms. The van der Waals surface area contributed by atoms with Crippen LogP contribution in [-0.4, -0.2) is 48.2 Å².